The van der Waals surface area contributed by atoms with Crippen molar-refractivity contribution < 1.29 is 4.39 Å². The lowest BCUT2D eigenvalue weighted by molar-refractivity contribution is 0.626. The summed E-state index contributed by atoms with van der Waals surface area (Å²) >= 11 is 0. The minimum atomic E-state index is -0.264. The first-order valence-corrected chi connectivity index (χ1v) is 6.29. The smallest absolute Gasteiger partial charge is 0.214 e. The van der Waals surface area contributed by atoms with Gasteiger partial charge in [0.25, 0.3) is 0 Å². The zero-order chi connectivity index (χ0) is 14.1. The van der Waals surface area contributed by atoms with Crippen LogP contribution in [-0.4, -0.2) is 9.55 Å². The third-order valence-corrected chi connectivity index (χ3v) is 3.26. The lowest BCUT2D eigenvalue weighted by Crippen LogP contribution is -2.02. The van der Waals surface area contributed by atoms with Crippen molar-refractivity contribution in [2.45, 2.75) is 13.5 Å². The maximum Gasteiger partial charge on any atom is 0.214 e. The number of benzene rings is 2. The topological polar surface area (TPSA) is 41.6 Å². The van der Waals surface area contributed by atoms with E-state index in [0.717, 1.165) is 22.2 Å². The Morgan fingerprint density at radius 1 is 1.20 bits per heavy atom. The van der Waals surface area contributed by atoms with Crippen LogP contribution in [0.3, 0.4) is 0 Å². The summed E-state index contributed by atoms with van der Waals surface area (Å²) in [6.07, 6.45) is 0. The molecule has 0 atom stereocenters. The molecule has 0 N–H and O–H groups in total. The highest BCUT2D eigenvalue weighted by molar-refractivity contribution is 5.77. The quantitative estimate of drug-likeness (QED) is 0.712. The fraction of sp³-hybridized carbons (Fsp3) is 0.125. The molecule has 0 spiro atoms. The Morgan fingerprint density at radius 2 is 1.95 bits per heavy atom. The van der Waals surface area contributed by atoms with Crippen molar-refractivity contribution in [2.24, 2.45) is 0 Å². The summed E-state index contributed by atoms with van der Waals surface area (Å²) in [4.78, 5) is 4.33. The minimum Gasteiger partial charge on any atom is -0.311 e. The maximum absolute atomic E-state index is 12.9. The van der Waals surface area contributed by atoms with Gasteiger partial charge in [-0.1, -0.05) is 18.2 Å². The molecule has 2 aromatic carbocycles. The van der Waals surface area contributed by atoms with E-state index in [1.807, 2.05) is 29.7 Å². The Morgan fingerprint density at radius 3 is 2.65 bits per heavy atom. The van der Waals surface area contributed by atoms with Crippen LogP contribution in [0, 0.1) is 24.1 Å². The predicted molar refractivity (Wildman–Crippen MR) is 74.7 cm³/mol. The van der Waals surface area contributed by atoms with Crippen LogP contribution < -0.4 is 0 Å². The molecule has 0 amide bonds. The molecular weight excluding hydrogens is 253 g/mol. The highest BCUT2D eigenvalue weighted by Crippen LogP contribution is 2.19. The average Bonchev–Trinajstić information content (AvgIpc) is 2.78. The number of nitriles is 1. The Kier molecular flexibility index (Phi) is 2.96. The highest BCUT2D eigenvalue weighted by Gasteiger charge is 2.10. The molecule has 0 radical (unpaired) electrons. The molecule has 1 aromatic heterocycles. The Labute approximate surface area is 115 Å². The predicted octanol–water partition coefficient (Wildman–Crippen LogP) is 3.40. The van der Waals surface area contributed by atoms with Crippen molar-refractivity contribution in [2.75, 3.05) is 0 Å². The molecule has 0 aliphatic heterocycles. The maximum atomic E-state index is 12.9. The molecule has 4 heteroatoms. The molecule has 0 bridgehead atoms. The molecule has 0 aliphatic rings. The first kappa shape index (κ1) is 12.4. The second-order valence-electron chi connectivity index (χ2n) is 4.75. The van der Waals surface area contributed by atoms with Crippen LogP contribution in [-0.2, 0) is 6.54 Å². The van der Waals surface area contributed by atoms with Crippen LogP contribution in [0.1, 0.15) is 17.0 Å². The number of aromatic nitrogens is 2. The lowest BCUT2D eigenvalue weighted by atomic mass is 10.2. The molecule has 0 saturated heterocycles. The monoisotopic (exact) mass is 265 g/mol. The molecule has 0 aliphatic carbocycles. The molecule has 0 fully saturated rings. The van der Waals surface area contributed by atoms with Gasteiger partial charge < -0.3 is 4.57 Å². The largest absolute Gasteiger partial charge is 0.311 e. The van der Waals surface area contributed by atoms with Gasteiger partial charge in [-0.2, -0.15) is 5.26 Å². The molecule has 98 valence electrons. The number of halogens is 1. The second-order valence-corrected chi connectivity index (χ2v) is 4.75. The molecule has 0 saturated carbocycles. The first-order chi connectivity index (χ1) is 9.67. The van der Waals surface area contributed by atoms with Crippen molar-refractivity contribution in [1.29, 1.82) is 5.26 Å². The van der Waals surface area contributed by atoms with Gasteiger partial charge >= 0.3 is 0 Å². The summed E-state index contributed by atoms with van der Waals surface area (Å²) in [6, 6.07) is 14.3. The van der Waals surface area contributed by atoms with Crippen LogP contribution in [0.4, 0.5) is 4.39 Å². The number of rotatable bonds is 2. The van der Waals surface area contributed by atoms with Crippen LogP contribution in [0.2, 0.25) is 0 Å². The van der Waals surface area contributed by atoms with E-state index < -0.39 is 0 Å². The van der Waals surface area contributed by atoms with Gasteiger partial charge in [0.1, 0.15) is 11.9 Å². The fourth-order valence-corrected chi connectivity index (χ4v) is 2.26. The Bertz CT molecular complexity index is 810. The first-order valence-electron chi connectivity index (χ1n) is 6.29. The third-order valence-electron chi connectivity index (χ3n) is 3.26. The van der Waals surface area contributed by atoms with Crippen molar-refractivity contribution in [3.63, 3.8) is 0 Å². The summed E-state index contributed by atoms with van der Waals surface area (Å²) < 4.78 is 14.8. The lowest BCUT2D eigenvalue weighted by Gasteiger charge is -2.06. The van der Waals surface area contributed by atoms with Gasteiger partial charge in [0, 0.05) is 0 Å². The van der Waals surface area contributed by atoms with Crippen LogP contribution >= 0.6 is 0 Å². The number of hydrogen-bond donors (Lipinski definition) is 0. The van der Waals surface area contributed by atoms with Gasteiger partial charge in [-0.05, 0) is 42.3 Å². The van der Waals surface area contributed by atoms with E-state index in [-0.39, 0.29) is 5.82 Å². The number of fused-ring (bicyclic) bond motifs is 1. The van der Waals surface area contributed by atoms with Crippen LogP contribution in [0.5, 0.6) is 0 Å². The van der Waals surface area contributed by atoms with Gasteiger partial charge in [-0.15, -0.1) is 0 Å². The van der Waals surface area contributed by atoms with E-state index in [1.165, 1.54) is 12.1 Å². The number of imidazole rings is 1. The normalized spacial score (nSPS) is 10.7. The van der Waals surface area contributed by atoms with Gasteiger partial charge in [0.2, 0.25) is 5.82 Å². The summed E-state index contributed by atoms with van der Waals surface area (Å²) in [7, 11) is 0. The van der Waals surface area contributed by atoms with Gasteiger partial charge in [-0.3, -0.25) is 0 Å². The van der Waals surface area contributed by atoms with E-state index in [4.69, 9.17) is 0 Å². The van der Waals surface area contributed by atoms with Gasteiger partial charge in [-0.25, -0.2) is 9.37 Å². The van der Waals surface area contributed by atoms with E-state index >= 15 is 0 Å². The van der Waals surface area contributed by atoms with Crippen molar-refractivity contribution in [1.82, 2.24) is 9.55 Å². The average molecular weight is 265 g/mol. The van der Waals surface area contributed by atoms with Crippen LogP contribution in [0.25, 0.3) is 11.0 Å². The number of aryl methyl sites for hydroxylation is 1. The minimum absolute atomic E-state index is 0.264. The molecule has 3 rings (SSSR count). The summed E-state index contributed by atoms with van der Waals surface area (Å²) in [5, 5.41) is 9.22. The molecular formula is C16H12FN3. The van der Waals surface area contributed by atoms with E-state index in [0.29, 0.717) is 12.4 Å². The van der Waals surface area contributed by atoms with Crippen molar-refractivity contribution in [3.05, 3.63) is 65.2 Å². The van der Waals surface area contributed by atoms with E-state index in [2.05, 4.69) is 11.1 Å². The summed E-state index contributed by atoms with van der Waals surface area (Å²) in [5.41, 5.74) is 3.76. The molecule has 3 nitrogen and oxygen atoms in total. The van der Waals surface area contributed by atoms with Crippen molar-refractivity contribution >= 4 is 11.0 Å². The van der Waals surface area contributed by atoms with E-state index in [1.54, 1.807) is 12.1 Å². The van der Waals surface area contributed by atoms with Gasteiger partial charge in [0.05, 0.1) is 17.6 Å². The number of nitrogens with zero attached hydrogens (tertiary/aromatic N) is 3. The van der Waals surface area contributed by atoms with Crippen molar-refractivity contribution in [3.8, 4) is 6.07 Å². The fourth-order valence-electron chi connectivity index (χ4n) is 2.26. The summed E-state index contributed by atoms with van der Waals surface area (Å²) in [6.45, 7) is 2.49. The molecule has 0 unspecified atom stereocenters. The highest BCUT2D eigenvalue weighted by atomic mass is 19.1. The number of hydrogen-bond acceptors (Lipinski definition) is 2. The second kappa shape index (κ2) is 4.78. The molecule has 3 aromatic rings. The Balaban J connectivity index is 2.10. The van der Waals surface area contributed by atoms with E-state index in [9.17, 15) is 9.65 Å². The Hall–Kier alpha value is -2.67. The SMILES string of the molecule is Cc1ccc2c(c1)nc(C#N)n2Cc1ccc(F)cc1. The standard InChI is InChI=1S/C16H12FN3/c1-11-2-7-15-14(8-11)19-16(9-18)20(15)10-12-3-5-13(17)6-4-12/h2-8H,10H2,1H3. The molecule has 1 heterocycles. The third kappa shape index (κ3) is 2.14. The molecule has 20 heavy (non-hydrogen) atoms. The zero-order valence-corrected chi connectivity index (χ0v) is 11.0. The van der Waals surface area contributed by atoms with Gasteiger partial charge in [0.15, 0.2) is 0 Å². The zero-order valence-electron chi connectivity index (χ0n) is 11.0. The summed E-state index contributed by atoms with van der Waals surface area (Å²) in [5.74, 6) is 0.107. The van der Waals surface area contributed by atoms with Crippen LogP contribution in [0.15, 0.2) is 42.5 Å².